The molecule has 2 rings (SSSR count). The highest BCUT2D eigenvalue weighted by Crippen LogP contribution is 2.33. The molecule has 1 unspecified atom stereocenters. The van der Waals surface area contributed by atoms with Crippen molar-refractivity contribution >= 4 is 11.6 Å². The van der Waals surface area contributed by atoms with Gasteiger partial charge in [-0.1, -0.05) is 44.2 Å². The zero-order valence-electron chi connectivity index (χ0n) is 11.6. The van der Waals surface area contributed by atoms with Crippen LogP contribution in [0.3, 0.4) is 0 Å². The Hall–Kier alpha value is -0.600. The van der Waals surface area contributed by atoms with Gasteiger partial charge in [-0.25, -0.2) is 4.39 Å². The number of hydrogen-bond acceptors (Lipinski definition) is 1. The van der Waals surface area contributed by atoms with E-state index in [1.165, 1.54) is 38.2 Å². The molecule has 0 aliphatic heterocycles. The molecule has 1 aromatic rings. The van der Waals surface area contributed by atoms with E-state index >= 15 is 0 Å². The van der Waals surface area contributed by atoms with E-state index in [4.69, 9.17) is 11.6 Å². The van der Waals surface area contributed by atoms with Gasteiger partial charge in [0.15, 0.2) is 0 Å². The van der Waals surface area contributed by atoms with Gasteiger partial charge in [0.2, 0.25) is 0 Å². The Kier molecular flexibility index (Phi) is 5.65. The lowest BCUT2D eigenvalue weighted by atomic mass is 9.94. The van der Waals surface area contributed by atoms with Crippen LogP contribution >= 0.6 is 11.6 Å². The Morgan fingerprint density at radius 2 is 2.11 bits per heavy atom. The normalized spacial score (nSPS) is 17.8. The molecule has 0 amide bonds. The maximum atomic E-state index is 13.4. The Morgan fingerprint density at radius 3 is 2.79 bits per heavy atom. The average Bonchev–Trinajstić information content (AvgIpc) is 2.91. The standard InChI is InChI=1S/C16H23ClFN/c1-2-19-16(10-7-12-5-3-4-6-12)14-11-13(18)8-9-15(14)17/h8-9,11-12,16,19H,2-7,10H2,1H3. The maximum absolute atomic E-state index is 13.4. The number of rotatable bonds is 6. The molecule has 1 nitrogen and oxygen atoms in total. The number of benzene rings is 1. The second-order valence-electron chi connectivity index (χ2n) is 5.50. The molecule has 3 heteroatoms. The van der Waals surface area contributed by atoms with Crippen molar-refractivity contribution in [1.29, 1.82) is 0 Å². The average molecular weight is 284 g/mol. The first-order chi connectivity index (χ1) is 9.20. The fourth-order valence-electron chi connectivity index (χ4n) is 3.10. The van der Waals surface area contributed by atoms with Crippen molar-refractivity contribution in [2.24, 2.45) is 5.92 Å². The molecule has 0 heterocycles. The van der Waals surface area contributed by atoms with Gasteiger partial charge in [-0.3, -0.25) is 0 Å². The molecule has 19 heavy (non-hydrogen) atoms. The third-order valence-electron chi connectivity index (χ3n) is 4.12. The summed E-state index contributed by atoms with van der Waals surface area (Å²) in [6.45, 7) is 2.96. The first-order valence-corrected chi connectivity index (χ1v) is 7.76. The Labute approximate surface area is 120 Å². The highest BCUT2D eigenvalue weighted by Gasteiger charge is 2.19. The Bertz CT molecular complexity index is 402. The predicted octanol–water partition coefficient (Wildman–Crippen LogP) is 5.10. The van der Waals surface area contributed by atoms with Crippen molar-refractivity contribution in [2.45, 2.75) is 51.5 Å². The van der Waals surface area contributed by atoms with E-state index in [-0.39, 0.29) is 11.9 Å². The van der Waals surface area contributed by atoms with Gasteiger partial charge in [0.25, 0.3) is 0 Å². The van der Waals surface area contributed by atoms with E-state index in [1.54, 1.807) is 12.1 Å². The van der Waals surface area contributed by atoms with E-state index in [0.29, 0.717) is 5.02 Å². The predicted molar refractivity (Wildman–Crippen MR) is 79.0 cm³/mol. The molecule has 0 aromatic heterocycles. The largest absolute Gasteiger partial charge is 0.310 e. The third-order valence-corrected chi connectivity index (χ3v) is 4.47. The van der Waals surface area contributed by atoms with Gasteiger partial charge < -0.3 is 5.32 Å². The summed E-state index contributed by atoms with van der Waals surface area (Å²) < 4.78 is 13.4. The quantitative estimate of drug-likeness (QED) is 0.766. The summed E-state index contributed by atoms with van der Waals surface area (Å²) in [5.41, 5.74) is 0.904. The summed E-state index contributed by atoms with van der Waals surface area (Å²) in [6, 6.07) is 4.83. The molecular weight excluding hydrogens is 261 g/mol. The first-order valence-electron chi connectivity index (χ1n) is 7.39. The van der Waals surface area contributed by atoms with E-state index in [1.807, 2.05) is 0 Å². The van der Waals surface area contributed by atoms with Crippen LogP contribution in [0.4, 0.5) is 4.39 Å². The minimum absolute atomic E-state index is 0.175. The second-order valence-corrected chi connectivity index (χ2v) is 5.91. The van der Waals surface area contributed by atoms with Gasteiger partial charge >= 0.3 is 0 Å². The van der Waals surface area contributed by atoms with E-state index in [0.717, 1.165) is 24.4 Å². The lowest BCUT2D eigenvalue weighted by molar-refractivity contribution is 0.416. The lowest BCUT2D eigenvalue weighted by Crippen LogP contribution is -2.22. The van der Waals surface area contributed by atoms with Gasteiger partial charge in [-0.2, -0.15) is 0 Å². The van der Waals surface area contributed by atoms with Crippen molar-refractivity contribution in [3.63, 3.8) is 0 Å². The number of nitrogens with one attached hydrogen (secondary N) is 1. The molecule has 1 aromatic carbocycles. The molecule has 1 aliphatic carbocycles. The first kappa shape index (κ1) is 14.8. The van der Waals surface area contributed by atoms with Gasteiger partial charge in [0.05, 0.1) is 0 Å². The summed E-state index contributed by atoms with van der Waals surface area (Å²) >= 11 is 6.22. The van der Waals surface area contributed by atoms with Crippen molar-refractivity contribution < 1.29 is 4.39 Å². The molecule has 1 saturated carbocycles. The number of hydrogen-bond donors (Lipinski definition) is 1. The highest BCUT2D eigenvalue weighted by molar-refractivity contribution is 6.31. The topological polar surface area (TPSA) is 12.0 Å². The smallest absolute Gasteiger partial charge is 0.123 e. The zero-order valence-corrected chi connectivity index (χ0v) is 12.3. The van der Waals surface area contributed by atoms with E-state index in [9.17, 15) is 4.39 Å². The highest BCUT2D eigenvalue weighted by atomic mass is 35.5. The van der Waals surface area contributed by atoms with Crippen molar-refractivity contribution in [1.82, 2.24) is 5.32 Å². The van der Waals surface area contributed by atoms with Crippen molar-refractivity contribution in [3.8, 4) is 0 Å². The van der Waals surface area contributed by atoms with Gasteiger partial charge in [0, 0.05) is 11.1 Å². The van der Waals surface area contributed by atoms with Crippen LogP contribution in [0.2, 0.25) is 5.02 Å². The van der Waals surface area contributed by atoms with Crippen LogP contribution in [0.1, 0.15) is 57.1 Å². The minimum Gasteiger partial charge on any atom is -0.310 e. The fourth-order valence-corrected chi connectivity index (χ4v) is 3.35. The van der Waals surface area contributed by atoms with Crippen molar-refractivity contribution in [2.75, 3.05) is 6.54 Å². The van der Waals surface area contributed by atoms with Crippen LogP contribution in [0.5, 0.6) is 0 Å². The summed E-state index contributed by atoms with van der Waals surface area (Å²) in [4.78, 5) is 0. The Morgan fingerprint density at radius 1 is 1.37 bits per heavy atom. The van der Waals surface area contributed by atoms with Crippen LogP contribution in [0.15, 0.2) is 18.2 Å². The molecule has 1 fully saturated rings. The van der Waals surface area contributed by atoms with Crippen molar-refractivity contribution in [3.05, 3.63) is 34.6 Å². The number of halogens is 2. The fraction of sp³-hybridized carbons (Fsp3) is 0.625. The van der Waals surface area contributed by atoms with Crippen LogP contribution in [0.25, 0.3) is 0 Å². The van der Waals surface area contributed by atoms with Gasteiger partial charge in [0.1, 0.15) is 5.82 Å². The zero-order chi connectivity index (χ0) is 13.7. The minimum atomic E-state index is -0.205. The second kappa shape index (κ2) is 7.25. The van der Waals surface area contributed by atoms with Gasteiger partial charge in [-0.05, 0) is 49.1 Å². The summed E-state index contributed by atoms with van der Waals surface area (Å²) in [5, 5.41) is 4.11. The molecular formula is C16H23ClFN. The molecule has 1 aliphatic rings. The molecule has 0 bridgehead atoms. The molecule has 0 saturated heterocycles. The monoisotopic (exact) mass is 283 g/mol. The molecule has 0 spiro atoms. The van der Waals surface area contributed by atoms with Crippen LogP contribution in [-0.2, 0) is 0 Å². The molecule has 1 N–H and O–H groups in total. The SMILES string of the molecule is CCNC(CCC1CCCC1)c1cc(F)ccc1Cl. The molecule has 0 radical (unpaired) electrons. The molecule has 106 valence electrons. The van der Waals surface area contributed by atoms with Crippen LogP contribution in [-0.4, -0.2) is 6.54 Å². The maximum Gasteiger partial charge on any atom is 0.123 e. The Balaban J connectivity index is 2.03. The summed E-state index contributed by atoms with van der Waals surface area (Å²) in [5.74, 6) is 0.650. The summed E-state index contributed by atoms with van der Waals surface area (Å²) in [6.07, 6.45) is 7.71. The van der Waals surface area contributed by atoms with E-state index < -0.39 is 0 Å². The van der Waals surface area contributed by atoms with Crippen LogP contribution in [0, 0.1) is 11.7 Å². The van der Waals surface area contributed by atoms with Gasteiger partial charge in [-0.15, -0.1) is 0 Å². The van der Waals surface area contributed by atoms with E-state index in [2.05, 4.69) is 12.2 Å². The summed E-state index contributed by atoms with van der Waals surface area (Å²) in [7, 11) is 0. The van der Waals surface area contributed by atoms with Crippen LogP contribution < -0.4 is 5.32 Å². The molecule has 1 atom stereocenters. The third kappa shape index (κ3) is 4.19. The lowest BCUT2D eigenvalue weighted by Gasteiger charge is -2.21.